The zero-order valence-corrected chi connectivity index (χ0v) is 13.7. The summed E-state index contributed by atoms with van der Waals surface area (Å²) in [5, 5.41) is 3.68. The second-order valence-electron chi connectivity index (χ2n) is 5.72. The average Bonchev–Trinajstić information content (AvgIpc) is 2.90. The number of benzene rings is 1. The first-order valence-corrected chi connectivity index (χ1v) is 8.75. The lowest BCUT2D eigenvalue weighted by atomic mass is 10.1. The Kier molecular flexibility index (Phi) is 4.61. The molecule has 3 heteroatoms. The van der Waals surface area contributed by atoms with Crippen molar-refractivity contribution in [3.05, 3.63) is 51.7 Å². The number of rotatable bonds is 4. The van der Waals surface area contributed by atoms with Crippen LogP contribution in [-0.4, -0.2) is 12.6 Å². The fourth-order valence-electron chi connectivity index (χ4n) is 2.96. The molecule has 2 aromatic rings. The first-order chi connectivity index (χ1) is 10.3. The van der Waals surface area contributed by atoms with Gasteiger partial charge in [0, 0.05) is 34.6 Å². The number of hydrogen-bond donors (Lipinski definition) is 1. The highest BCUT2D eigenvalue weighted by atomic mass is 32.1. The maximum absolute atomic E-state index is 3.68. The van der Waals surface area contributed by atoms with Gasteiger partial charge in [-0.25, -0.2) is 0 Å². The van der Waals surface area contributed by atoms with Gasteiger partial charge >= 0.3 is 0 Å². The molecule has 2 nitrogen and oxygen atoms in total. The Morgan fingerprint density at radius 2 is 1.95 bits per heavy atom. The van der Waals surface area contributed by atoms with Crippen molar-refractivity contribution in [3.8, 4) is 0 Å². The van der Waals surface area contributed by atoms with Crippen LogP contribution in [0.5, 0.6) is 0 Å². The van der Waals surface area contributed by atoms with Crippen molar-refractivity contribution < 1.29 is 0 Å². The van der Waals surface area contributed by atoms with Gasteiger partial charge < -0.3 is 10.2 Å². The minimum Gasteiger partial charge on any atom is -0.365 e. The smallest absolute Gasteiger partial charge is 0.0523 e. The van der Waals surface area contributed by atoms with Crippen LogP contribution in [0.3, 0.4) is 0 Å². The number of nitrogens with zero attached hydrogens (tertiary/aromatic N) is 1. The Hall–Kier alpha value is -1.32. The standard InChI is InChI=1S/C18H24N2S/c1-3-15-12-20(13-17-10-9-16(4-2)21-17)18-8-6-5-7-14(18)11-19-15/h5-10,15,19H,3-4,11-13H2,1-2H3. The van der Waals surface area contributed by atoms with E-state index in [4.69, 9.17) is 0 Å². The monoisotopic (exact) mass is 300 g/mol. The predicted octanol–water partition coefficient (Wildman–Crippen LogP) is 4.20. The maximum atomic E-state index is 3.68. The Morgan fingerprint density at radius 1 is 1.14 bits per heavy atom. The Bertz CT molecular complexity index is 590. The molecule has 0 fully saturated rings. The molecule has 0 amide bonds. The van der Waals surface area contributed by atoms with Crippen molar-refractivity contribution in [3.63, 3.8) is 0 Å². The van der Waals surface area contributed by atoms with E-state index in [-0.39, 0.29) is 0 Å². The second-order valence-corrected chi connectivity index (χ2v) is 6.97. The summed E-state index contributed by atoms with van der Waals surface area (Å²) >= 11 is 1.95. The molecule has 1 aromatic heterocycles. The first-order valence-electron chi connectivity index (χ1n) is 7.94. The van der Waals surface area contributed by atoms with E-state index >= 15 is 0 Å². The summed E-state index contributed by atoms with van der Waals surface area (Å²) in [5.74, 6) is 0. The molecule has 21 heavy (non-hydrogen) atoms. The molecule has 1 aromatic carbocycles. The average molecular weight is 300 g/mol. The normalized spacial score (nSPS) is 18.4. The topological polar surface area (TPSA) is 15.3 Å². The highest BCUT2D eigenvalue weighted by molar-refractivity contribution is 7.12. The molecular weight excluding hydrogens is 276 g/mol. The molecule has 1 N–H and O–H groups in total. The van der Waals surface area contributed by atoms with E-state index in [0.717, 1.165) is 26.1 Å². The molecule has 0 saturated heterocycles. The van der Waals surface area contributed by atoms with E-state index in [1.165, 1.54) is 27.4 Å². The highest BCUT2D eigenvalue weighted by Gasteiger charge is 2.20. The largest absolute Gasteiger partial charge is 0.365 e. The van der Waals surface area contributed by atoms with E-state index in [9.17, 15) is 0 Å². The fourth-order valence-corrected chi connectivity index (χ4v) is 3.93. The van der Waals surface area contributed by atoms with Gasteiger partial charge in [-0.15, -0.1) is 11.3 Å². The van der Waals surface area contributed by atoms with Crippen molar-refractivity contribution in [1.29, 1.82) is 0 Å². The fraction of sp³-hybridized carbons (Fsp3) is 0.444. The van der Waals surface area contributed by atoms with Gasteiger partial charge in [0.15, 0.2) is 0 Å². The van der Waals surface area contributed by atoms with E-state index in [0.29, 0.717) is 6.04 Å². The molecule has 1 aliphatic rings. The van der Waals surface area contributed by atoms with Crippen LogP contribution in [-0.2, 0) is 19.5 Å². The van der Waals surface area contributed by atoms with Crippen LogP contribution >= 0.6 is 11.3 Å². The molecule has 0 radical (unpaired) electrons. The number of fused-ring (bicyclic) bond motifs is 1. The van der Waals surface area contributed by atoms with Gasteiger partial charge in [-0.1, -0.05) is 32.0 Å². The summed E-state index contributed by atoms with van der Waals surface area (Å²) in [4.78, 5) is 5.51. The Labute approximate surface area is 131 Å². The van der Waals surface area contributed by atoms with Gasteiger partial charge in [0.1, 0.15) is 0 Å². The van der Waals surface area contributed by atoms with Gasteiger partial charge in [0.2, 0.25) is 0 Å². The Balaban J connectivity index is 1.86. The quantitative estimate of drug-likeness (QED) is 0.910. The van der Waals surface area contributed by atoms with Crippen LogP contribution in [0.4, 0.5) is 5.69 Å². The first kappa shape index (κ1) is 14.6. The molecule has 0 spiro atoms. The number of anilines is 1. The molecule has 1 aliphatic heterocycles. The van der Waals surface area contributed by atoms with Crippen LogP contribution in [0.15, 0.2) is 36.4 Å². The van der Waals surface area contributed by atoms with E-state index in [1.807, 2.05) is 11.3 Å². The molecule has 0 saturated carbocycles. The summed E-state index contributed by atoms with van der Waals surface area (Å²) < 4.78 is 0. The third kappa shape index (κ3) is 3.30. The van der Waals surface area contributed by atoms with Crippen molar-refractivity contribution in [1.82, 2.24) is 5.32 Å². The number of para-hydroxylation sites is 1. The zero-order chi connectivity index (χ0) is 14.7. The summed E-state index contributed by atoms with van der Waals surface area (Å²) in [6, 6.07) is 14.0. The van der Waals surface area contributed by atoms with E-state index < -0.39 is 0 Å². The lowest BCUT2D eigenvalue weighted by Gasteiger charge is -2.27. The summed E-state index contributed by atoms with van der Waals surface area (Å²) in [6.07, 6.45) is 2.32. The van der Waals surface area contributed by atoms with E-state index in [2.05, 4.69) is 60.5 Å². The summed E-state index contributed by atoms with van der Waals surface area (Å²) in [6.45, 7) is 7.60. The van der Waals surface area contributed by atoms with Crippen molar-refractivity contribution in [2.75, 3.05) is 11.4 Å². The molecule has 2 heterocycles. The lowest BCUT2D eigenvalue weighted by Crippen LogP contribution is -2.37. The third-order valence-electron chi connectivity index (χ3n) is 4.26. The van der Waals surface area contributed by atoms with Gasteiger partial charge in [-0.2, -0.15) is 0 Å². The van der Waals surface area contributed by atoms with Crippen LogP contribution in [0.2, 0.25) is 0 Å². The minimum absolute atomic E-state index is 0.572. The van der Waals surface area contributed by atoms with Crippen LogP contribution in [0.25, 0.3) is 0 Å². The minimum atomic E-state index is 0.572. The highest BCUT2D eigenvalue weighted by Crippen LogP contribution is 2.27. The molecule has 112 valence electrons. The summed E-state index contributed by atoms with van der Waals surface area (Å²) in [7, 11) is 0. The number of hydrogen-bond acceptors (Lipinski definition) is 3. The van der Waals surface area contributed by atoms with Crippen LogP contribution in [0.1, 0.15) is 35.6 Å². The zero-order valence-electron chi connectivity index (χ0n) is 12.9. The maximum Gasteiger partial charge on any atom is 0.0523 e. The predicted molar refractivity (Wildman–Crippen MR) is 92.1 cm³/mol. The number of aryl methyl sites for hydroxylation is 1. The second kappa shape index (κ2) is 6.63. The third-order valence-corrected chi connectivity index (χ3v) is 5.47. The van der Waals surface area contributed by atoms with Gasteiger partial charge in [-0.05, 0) is 36.6 Å². The Morgan fingerprint density at radius 3 is 2.71 bits per heavy atom. The molecular formula is C18H24N2S. The lowest BCUT2D eigenvalue weighted by molar-refractivity contribution is 0.502. The number of nitrogens with one attached hydrogen (secondary N) is 1. The van der Waals surface area contributed by atoms with Gasteiger partial charge in [0.05, 0.1) is 6.54 Å². The molecule has 0 bridgehead atoms. The van der Waals surface area contributed by atoms with Crippen molar-refractivity contribution >= 4 is 17.0 Å². The van der Waals surface area contributed by atoms with Crippen molar-refractivity contribution in [2.45, 2.75) is 45.8 Å². The van der Waals surface area contributed by atoms with Crippen LogP contribution in [0, 0.1) is 0 Å². The molecule has 1 unspecified atom stereocenters. The molecule has 1 atom stereocenters. The molecule has 3 rings (SSSR count). The number of thiophene rings is 1. The van der Waals surface area contributed by atoms with Crippen LogP contribution < -0.4 is 10.2 Å². The summed E-state index contributed by atoms with van der Waals surface area (Å²) in [5.41, 5.74) is 2.81. The van der Waals surface area contributed by atoms with Crippen molar-refractivity contribution in [2.24, 2.45) is 0 Å². The molecule has 0 aliphatic carbocycles. The van der Waals surface area contributed by atoms with Gasteiger partial charge in [-0.3, -0.25) is 0 Å². The SMILES string of the molecule is CCc1ccc(CN2CC(CC)NCc3ccccc32)s1. The van der Waals surface area contributed by atoms with E-state index in [1.54, 1.807) is 0 Å². The van der Waals surface area contributed by atoms with Gasteiger partial charge in [0.25, 0.3) is 0 Å².